The maximum atomic E-state index is 4.62. The van der Waals surface area contributed by atoms with Crippen LogP contribution in [0.5, 0.6) is 0 Å². The third kappa shape index (κ3) is 7.36. The molecule has 0 aliphatic rings. The first-order valence-electron chi connectivity index (χ1n) is 11.7. The fraction of sp³-hybridized carbons (Fsp3) is 0. The standard InChI is InChI=1S/C16H11N2.C16H11P2.Ir/c1-2-7-13(8-3-1)14-10-6-11-16(18-14)15-9-4-5-12-17-15;1-3-10-17-15(8-1)13-6-5-7-14(12-13)16-9-2-4-11-18-16;/h1-7,9-12H;1-11H;/q2*-1;/p+2. The van der Waals surface area contributed by atoms with Crippen LogP contribution < -0.4 is 0 Å². The molecular weight excluding hydrogens is 667 g/mol. The molecule has 2 unspecified atom stereocenters. The molecule has 6 aromatic rings. The molecule has 0 aliphatic heterocycles. The van der Waals surface area contributed by atoms with E-state index in [0.717, 1.165) is 39.0 Å². The van der Waals surface area contributed by atoms with Crippen molar-refractivity contribution >= 4 is 16.4 Å². The summed E-state index contributed by atoms with van der Waals surface area (Å²) in [5.41, 5.74) is 6.13. The fourth-order valence-electron chi connectivity index (χ4n) is 3.70. The van der Waals surface area contributed by atoms with Crippen LogP contribution in [0, 0.1) is 12.1 Å². The second kappa shape index (κ2) is 13.8. The summed E-state index contributed by atoms with van der Waals surface area (Å²) in [6.07, 6.45) is 1.78. The normalized spacial score (nSPS) is 10.4. The van der Waals surface area contributed by atoms with E-state index in [9.17, 15) is 0 Å². The summed E-state index contributed by atoms with van der Waals surface area (Å²) in [5, 5.41) is 2.75. The first kappa shape index (κ1) is 26.7. The average Bonchev–Trinajstić information content (AvgIpc) is 2.99. The van der Waals surface area contributed by atoms with Gasteiger partial charge in [-0.25, -0.2) is 0 Å². The van der Waals surface area contributed by atoms with E-state index in [1.54, 1.807) is 6.20 Å². The van der Waals surface area contributed by atoms with Crippen molar-refractivity contribution in [3.63, 3.8) is 0 Å². The van der Waals surface area contributed by atoms with Crippen molar-refractivity contribution in [2.75, 3.05) is 0 Å². The molecule has 37 heavy (non-hydrogen) atoms. The molecule has 0 amide bonds. The fourth-order valence-corrected chi connectivity index (χ4v) is 5.46. The van der Waals surface area contributed by atoms with E-state index in [0.29, 0.717) is 0 Å². The van der Waals surface area contributed by atoms with Gasteiger partial charge in [-0.3, -0.25) is 9.97 Å². The van der Waals surface area contributed by atoms with E-state index in [2.05, 4.69) is 88.3 Å². The van der Waals surface area contributed by atoms with Gasteiger partial charge in [-0.2, -0.15) is 0 Å². The molecular formula is C32H24IrN2P2. The zero-order chi connectivity index (χ0) is 24.4. The second-order valence-electron chi connectivity index (χ2n) is 7.93. The Hall–Kier alpha value is -3.31. The number of nitrogens with zero attached hydrogens (tertiary/aromatic N) is 2. The van der Waals surface area contributed by atoms with Crippen molar-refractivity contribution in [3.05, 3.63) is 145 Å². The molecule has 2 atom stereocenters. The summed E-state index contributed by atoms with van der Waals surface area (Å²) in [4.78, 5) is 8.93. The van der Waals surface area contributed by atoms with Crippen molar-refractivity contribution < 1.29 is 20.1 Å². The van der Waals surface area contributed by atoms with Crippen LogP contribution in [-0.4, -0.2) is 9.97 Å². The Labute approximate surface area is 235 Å². The van der Waals surface area contributed by atoms with E-state index in [-0.39, 0.29) is 20.1 Å². The zero-order valence-corrected chi connectivity index (χ0v) is 24.3. The van der Waals surface area contributed by atoms with Crippen molar-refractivity contribution in [3.8, 4) is 44.4 Å². The molecule has 181 valence electrons. The topological polar surface area (TPSA) is 25.8 Å². The molecule has 6 rings (SSSR count). The molecule has 0 aliphatic carbocycles. The maximum Gasteiger partial charge on any atom is 0.104 e. The van der Waals surface area contributed by atoms with Gasteiger partial charge in [0.15, 0.2) is 0 Å². The minimum absolute atomic E-state index is 0. The van der Waals surface area contributed by atoms with Crippen LogP contribution in [0.25, 0.3) is 44.4 Å². The number of benzene rings is 2. The minimum atomic E-state index is 0. The van der Waals surface area contributed by atoms with Crippen LogP contribution in [0.1, 0.15) is 0 Å². The second-order valence-corrected chi connectivity index (χ2v) is 10.3. The minimum Gasteiger partial charge on any atom is -0.295 e. The maximum absolute atomic E-state index is 4.62. The summed E-state index contributed by atoms with van der Waals surface area (Å²) >= 11 is 0. The van der Waals surface area contributed by atoms with Crippen LogP contribution in [0.15, 0.2) is 133 Å². The molecule has 4 aromatic heterocycles. The predicted octanol–water partition coefficient (Wildman–Crippen LogP) is 9.05. The number of hydrogen-bond acceptors (Lipinski definition) is 2. The molecule has 0 saturated carbocycles. The SMILES string of the molecule is [Ir].[c-]1c(-c2cccc[pH+]2)cccc1-c1cccc[pH+]1.[c-]1ccccc1-c1cccc(-c2ccccn2)n1. The third-order valence-corrected chi connectivity index (χ3v) is 7.67. The molecule has 0 N–H and O–H groups in total. The van der Waals surface area contributed by atoms with Crippen LogP contribution >= 0.6 is 16.4 Å². The molecule has 0 saturated heterocycles. The van der Waals surface area contributed by atoms with Crippen molar-refractivity contribution in [1.29, 1.82) is 0 Å². The molecule has 0 spiro atoms. The van der Waals surface area contributed by atoms with Crippen LogP contribution in [0.2, 0.25) is 0 Å². The molecule has 4 heterocycles. The van der Waals surface area contributed by atoms with Crippen molar-refractivity contribution in [1.82, 2.24) is 9.97 Å². The van der Waals surface area contributed by atoms with Gasteiger partial charge >= 0.3 is 0 Å². The summed E-state index contributed by atoms with van der Waals surface area (Å²) in [5.74, 6) is 4.43. The van der Waals surface area contributed by atoms with Crippen molar-refractivity contribution in [2.45, 2.75) is 0 Å². The van der Waals surface area contributed by atoms with E-state index in [1.807, 2.05) is 60.7 Å². The Kier molecular flexibility index (Phi) is 10.0. The van der Waals surface area contributed by atoms with Gasteiger partial charge < -0.3 is 0 Å². The van der Waals surface area contributed by atoms with Crippen LogP contribution in [-0.2, 0) is 20.1 Å². The van der Waals surface area contributed by atoms with Crippen molar-refractivity contribution in [2.24, 2.45) is 0 Å². The van der Waals surface area contributed by atoms with E-state index in [1.165, 1.54) is 21.7 Å². The van der Waals surface area contributed by atoms with E-state index in [4.69, 9.17) is 0 Å². The van der Waals surface area contributed by atoms with E-state index < -0.39 is 0 Å². The molecule has 1 radical (unpaired) electrons. The van der Waals surface area contributed by atoms with Gasteiger partial charge in [0.05, 0.1) is 38.4 Å². The molecule has 0 fully saturated rings. The molecule has 2 aromatic carbocycles. The molecule has 5 heteroatoms. The predicted molar refractivity (Wildman–Crippen MR) is 156 cm³/mol. The number of aromatic nitrogens is 2. The molecule has 0 bridgehead atoms. The Morgan fingerprint density at radius 3 is 1.70 bits per heavy atom. The Balaban J connectivity index is 0.000000168. The summed E-state index contributed by atoms with van der Waals surface area (Å²) < 4.78 is 0. The summed E-state index contributed by atoms with van der Waals surface area (Å²) in [6, 6.07) is 45.6. The summed E-state index contributed by atoms with van der Waals surface area (Å²) in [6.45, 7) is 0. The monoisotopic (exact) mass is 691 g/mol. The van der Waals surface area contributed by atoms with Crippen LogP contribution in [0.4, 0.5) is 0 Å². The quantitative estimate of drug-likeness (QED) is 0.173. The Morgan fingerprint density at radius 1 is 0.514 bits per heavy atom. The third-order valence-electron chi connectivity index (χ3n) is 5.46. The Bertz CT molecular complexity index is 1290. The van der Waals surface area contributed by atoms with E-state index >= 15 is 0 Å². The van der Waals surface area contributed by atoms with Gasteiger partial charge in [-0.1, -0.05) is 41.5 Å². The first-order chi connectivity index (χ1) is 17.9. The Morgan fingerprint density at radius 2 is 1.11 bits per heavy atom. The number of hydrogen-bond donors (Lipinski definition) is 0. The van der Waals surface area contributed by atoms with Gasteiger partial charge in [0.25, 0.3) is 0 Å². The van der Waals surface area contributed by atoms with Gasteiger partial charge in [0, 0.05) is 26.3 Å². The first-order valence-corrected chi connectivity index (χ1v) is 13.8. The van der Waals surface area contributed by atoms with Crippen LogP contribution in [0.3, 0.4) is 0 Å². The van der Waals surface area contributed by atoms with Gasteiger partial charge in [0.1, 0.15) is 11.6 Å². The number of pyridine rings is 2. The zero-order valence-electron chi connectivity index (χ0n) is 19.9. The summed E-state index contributed by atoms with van der Waals surface area (Å²) in [7, 11) is 1.51. The largest absolute Gasteiger partial charge is 0.295 e. The van der Waals surface area contributed by atoms with Gasteiger partial charge in [0.2, 0.25) is 0 Å². The molecule has 2 nitrogen and oxygen atoms in total. The smallest absolute Gasteiger partial charge is 0.104 e. The average molecular weight is 691 g/mol. The van der Waals surface area contributed by atoms with Gasteiger partial charge in [-0.15, -0.1) is 60.2 Å². The van der Waals surface area contributed by atoms with Gasteiger partial charge in [-0.05, 0) is 48.2 Å². The number of rotatable bonds is 4.